The van der Waals surface area contributed by atoms with Crippen LogP contribution in [0.1, 0.15) is 6.92 Å². The normalized spacial score (nSPS) is 14.0. The molecule has 3 N–H and O–H groups in total. The molecule has 3 aromatic heterocycles. The number of hydrogen-bond donors (Lipinski definition) is 2. The molecular formula is C26H26ClN9O6. The van der Waals surface area contributed by atoms with E-state index in [0.717, 1.165) is 5.52 Å². The molecule has 0 bridgehead atoms. The van der Waals surface area contributed by atoms with Gasteiger partial charge in [-0.25, -0.2) is 19.3 Å². The predicted molar refractivity (Wildman–Crippen MR) is 153 cm³/mol. The van der Waals surface area contributed by atoms with Crippen LogP contribution < -0.4 is 20.7 Å². The summed E-state index contributed by atoms with van der Waals surface area (Å²) in [5.74, 6) is 0.0599. The topological polar surface area (TPSA) is 183 Å². The number of anilines is 3. The van der Waals surface area contributed by atoms with Gasteiger partial charge in [0.25, 0.3) is 11.6 Å². The van der Waals surface area contributed by atoms with Crippen molar-refractivity contribution in [3.63, 3.8) is 0 Å². The van der Waals surface area contributed by atoms with Gasteiger partial charge in [0, 0.05) is 50.1 Å². The van der Waals surface area contributed by atoms with Crippen molar-refractivity contribution in [3.05, 3.63) is 64.1 Å². The zero-order valence-electron chi connectivity index (χ0n) is 22.6. The summed E-state index contributed by atoms with van der Waals surface area (Å²) in [4.78, 5) is 47.3. The highest BCUT2D eigenvalue weighted by atomic mass is 35.5. The van der Waals surface area contributed by atoms with E-state index < -0.39 is 23.0 Å². The molecule has 0 radical (unpaired) electrons. The van der Waals surface area contributed by atoms with Gasteiger partial charge in [-0.1, -0.05) is 17.7 Å². The maximum Gasteiger partial charge on any atom is 0.405 e. The smallest absolute Gasteiger partial charge is 0.405 e. The van der Waals surface area contributed by atoms with E-state index in [-0.39, 0.29) is 30.4 Å². The molecule has 1 aromatic carbocycles. The van der Waals surface area contributed by atoms with E-state index in [1.807, 2.05) is 18.2 Å². The summed E-state index contributed by atoms with van der Waals surface area (Å²) in [5, 5.41) is 19.8. The second-order valence-electron chi connectivity index (χ2n) is 9.29. The number of nitrogens with two attached hydrogens (primary N) is 1. The molecule has 15 nitrogen and oxygen atoms in total. The van der Waals surface area contributed by atoms with Crippen LogP contribution in [0.5, 0.6) is 5.75 Å². The van der Waals surface area contributed by atoms with Crippen molar-refractivity contribution >= 4 is 52.1 Å². The number of carbonyl (C=O) groups is 2. The van der Waals surface area contributed by atoms with Gasteiger partial charge in [-0.05, 0) is 19.1 Å². The Morgan fingerprint density at radius 2 is 1.95 bits per heavy atom. The van der Waals surface area contributed by atoms with Crippen molar-refractivity contribution in [2.45, 2.75) is 13.0 Å². The molecule has 2 amide bonds. The highest BCUT2D eigenvalue weighted by Gasteiger charge is 2.30. The lowest BCUT2D eigenvalue weighted by atomic mass is 10.1. The van der Waals surface area contributed by atoms with Gasteiger partial charge in [-0.3, -0.25) is 14.9 Å². The fourth-order valence-electron chi connectivity index (χ4n) is 4.73. The number of benzene rings is 1. The molecule has 42 heavy (non-hydrogen) atoms. The molecule has 4 aromatic rings. The number of primary amides is 1. The standard InChI is InChI=1S/C26H26ClN9O6/c1-15(42-25(28)38)24(37)34-9-7-33(8-10-34)20-12-22(41-2)18(11-21(20)36(39)40)31-26-29-14-17(27)23(32-26)16-13-30-35-6-4-3-5-19(16)35/h3-6,11-15H,7-10H2,1-2H3,(H2,28,38)(H,29,31,32). The Hall–Kier alpha value is -5.18. The zero-order valence-corrected chi connectivity index (χ0v) is 23.3. The molecule has 0 spiro atoms. The molecular weight excluding hydrogens is 570 g/mol. The van der Waals surface area contributed by atoms with E-state index in [0.29, 0.717) is 40.8 Å². The number of amides is 2. The lowest BCUT2D eigenvalue weighted by molar-refractivity contribution is -0.384. The molecule has 1 unspecified atom stereocenters. The highest BCUT2D eigenvalue weighted by molar-refractivity contribution is 6.33. The highest BCUT2D eigenvalue weighted by Crippen LogP contribution is 2.40. The summed E-state index contributed by atoms with van der Waals surface area (Å²) >= 11 is 6.43. The molecule has 0 aliphatic carbocycles. The first-order valence-electron chi connectivity index (χ1n) is 12.7. The van der Waals surface area contributed by atoms with Crippen LogP contribution in [0.25, 0.3) is 16.8 Å². The Kier molecular flexibility index (Phi) is 7.93. The Morgan fingerprint density at radius 3 is 2.64 bits per heavy atom. The fourth-order valence-corrected chi connectivity index (χ4v) is 4.92. The van der Waals surface area contributed by atoms with Gasteiger partial charge in [-0.15, -0.1) is 0 Å². The number of ether oxygens (including phenoxy) is 2. The van der Waals surface area contributed by atoms with Gasteiger partial charge >= 0.3 is 6.09 Å². The molecule has 16 heteroatoms. The second kappa shape index (κ2) is 11.7. The Balaban J connectivity index is 1.40. The number of pyridine rings is 1. The van der Waals surface area contributed by atoms with E-state index >= 15 is 0 Å². The molecule has 4 heterocycles. The van der Waals surface area contributed by atoms with Crippen LogP contribution >= 0.6 is 11.6 Å². The van der Waals surface area contributed by atoms with Crippen LogP contribution in [0.4, 0.5) is 27.8 Å². The third kappa shape index (κ3) is 5.67. The number of nitro groups is 1. The molecule has 1 atom stereocenters. The number of nitrogens with zero attached hydrogens (tertiary/aromatic N) is 7. The van der Waals surface area contributed by atoms with Crippen molar-refractivity contribution in [2.24, 2.45) is 5.73 Å². The molecule has 5 rings (SSSR count). The van der Waals surface area contributed by atoms with Gasteiger partial charge in [0.05, 0.1) is 46.3 Å². The third-order valence-electron chi connectivity index (χ3n) is 6.74. The lowest BCUT2D eigenvalue weighted by Crippen LogP contribution is -2.52. The minimum absolute atomic E-state index is 0.143. The number of halogens is 1. The largest absolute Gasteiger partial charge is 0.494 e. The Morgan fingerprint density at radius 1 is 1.19 bits per heavy atom. The minimum atomic E-state index is -1.04. The summed E-state index contributed by atoms with van der Waals surface area (Å²) in [6, 6.07) is 8.50. The monoisotopic (exact) mass is 595 g/mol. The van der Waals surface area contributed by atoms with Crippen molar-refractivity contribution in [2.75, 3.05) is 43.5 Å². The summed E-state index contributed by atoms with van der Waals surface area (Å²) in [5.41, 5.74) is 7.33. The minimum Gasteiger partial charge on any atom is -0.494 e. The number of nitro benzene ring substituents is 1. The number of fused-ring (bicyclic) bond motifs is 1. The maximum absolute atomic E-state index is 12.6. The van der Waals surface area contributed by atoms with E-state index in [9.17, 15) is 19.7 Å². The third-order valence-corrected chi connectivity index (χ3v) is 7.01. The first-order valence-corrected chi connectivity index (χ1v) is 13.1. The predicted octanol–water partition coefficient (Wildman–Crippen LogP) is 3.24. The molecule has 0 saturated carbocycles. The van der Waals surface area contributed by atoms with Gasteiger partial charge in [0.1, 0.15) is 11.4 Å². The van der Waals surface area contributed by atoms with Crippen LogP contribution in [0, 0.1) is 10.1 Å². The SMILES string of the molecule is COc1cc(N2CCN(C(=O)C(C)OC(N)=O)CC2)c([N+](=O)[O-])cc1Nc1ncc(Cl)c(-c2cnn3ccccc23)n1. The van der Waals surface area contributed by atoms with Crippen molar-refractivity contribution < 1.29 is 24.0 Å². The quantitative estimate of drug-likeness (QED) is 0.225. The van der Waals surface area contributed by atoms with E-state index in [2.05, 4.69) is 20.4 Å². The number of aromatic nitrogens is 4. The van der Waals surface area contributed by atoms with E-state index in [1.165, 1.54) is 31.2 Å². The molecule has 218 valence electrons. The summed E-state index contributed by atoms with van der Waals surface area (Å²) < 4.78 is 12.0. The average molecular weight is 596 g/mol. The number of methoxy groups -OCH3 is 1. The second-order valence-corrected chi connectivity index (χ2v) is 9.70. The van der Waals surface area contributed by atoms with E-state index in [1.54, 1.807) is 27.9 Å². The van der Waals surface area contributed by atoms with Crippen molar-refractivity contribution in [1.82, 2.24) is 24.5 Å². The average Bonchev–Trinajstić information content (AvgIpc) is 3.41. The van der Waals surface area contributed by atoms with Crippen LogP contribution in [0.3, 0.4) is 0 Å². The van der Waals surface area contributed by atoms with Gasteiger partial charge in [0.2, 0.25) is 5.95 Å². The van der Waals surface area contributed by atoms with Crippen LogP contribution in [-0.2, 0) is 9.53 Å². The number of rotatable bonds is 8. The van der Waals surface area contributed by atoms with Crippen molar-refractivity contribution in [1.29, 1.82) is 0 Å². The number of nitrogens with one attached hydrogen (secondary N) is 1. The first kappa shape index (κ1) is 28.4. The number of carbonyl (C=O) groups excluding carboxylic acids is 2. The zero-order chi connectivity index (χ0) is 30.0. The van der Waals surface area contributed by atoms with Crippen molar-refractivity contribution in [3.8, 4) is 17.0 Å². The number of hydrogen-bond acceptors (Lipinski definition) is 11. The van der Waals surface area contributed by atoms with Crippen LogP contribution in [0.2, 0.25) is 5.02 Å². The Labute approximate surface area is 243 Å². The van der Waals surface area contributed by atoms with Gasteiger partial charge in [0.15, 0.2) is 6.10 Å². The van der Waals surface area contributed by atoms with Crippen LogP contribution in [0.15, 0.2) is 48.9 Å². The summed E-state index contributed by atoms with van der Waals surface area (Å²) in [7, 11) is 1.44. The first-order chi connectivity index (χ1) is 20.2. The molecule has 1 saturated heterocycles. The molecule has 1 aliphatic heterocycles. The van der Waals surface area contributed by atoms with Gasteiger partial charge in [-0.2, -0.15) is 5.10 Å². The van der Waals surface area contributed by atoms with Crippen LogP contribution in [-0.4, -0.2) is 80.8 Å². The lowest BCUT2D eigenvalue weighted by Gasteiger charge is -2.36. The molecule has 1 fully saturated rings. The fraction of sp³-hybridized carbons (Fsp3) is 0.269. The van der Waals surface area contributed by atoms with Gasteiger partial charge < -0.3 is 30.3 Å². The summed E-state index contributed by atoms with van der Waals surface area (Å²) in [6.07, 6.45) is 2.81. The summed E-state index contributed by atoms with van der Waals surface area (Å²) in [6.45, 7) is 2.56. The maximum atomic E-state index is 12.6. The molecule has 1 aliphatic rings. The van der Waals surface area contributed by atoms with E-state index in [4.69, 9.17) is 26.8 Å². The Bertz CT molecular complexity index is 1670. The number of piperazine rings is 1.